The number of aliphatic hydroxyl groups is 2. The molecule has 0 aromatic carbocycles. The molecule has 0 bridgehead atoms. The van der Waals surface area contributed by atoms with Gasteiger partial charge in [0, 0.05) is 11.0 Å². The summed E-state index contributed by atoms with van der Waals surface area (Å²) in [7, 11) is 0. The van der Waals surface area contributed by atoms with Crippen molar-refractivity contribution in [2.24, 2.45) is 39.4 Å². The zero-order valence-corrected chi connectivity index (χ0v) is 18.8. The van der Waals surface area contributed by atoms with Crippen LogP contribution in [0.1, 0.15) is 79.6 Å². The van der Waals surface area contributed by atoms with Crippen molar-refractivity contribution in [2.75, 3.05) is 6.61 Å². The van der Waals surface area contributed by atoms with Gasteiger partial charge in [-0.15, -0.1) is 0 Å². The lowest BCUT2D eigenvalue weighted by atomic mass is 9.35. The number of carbonyl (C=O) groups is 1. The molecule has 29 heavy (non-hydrogen) atoms. The Labute approximate surface area is 175 Å². The first-order chi connectivity index (χ1) is 13.5. The molecule has 4 nitrogen and oxygen atoms in total. The average Bonchev–Trinajstić information content (AvgIpc) is 3.02. The van der Waals surface area contributed by atoms with Crippen LogP contribution in [-0.2, 0) is 9.53 Å². The van der Waals surface area contributed by atoms with Gasteiger partial charge in [-0.2, -0.15) is 0 Å². The van der Waals surface area contributed by atoms with Crippen LogP contribution >= 0.6 is 0 Å². The summed E-state index contributed by atoms with van der Waals surface area (Å²) in [5, 5.41) is 22.5. The summed E-state index contributed by atoms with van der Waals surface area (Å²) in [6, 6.07) is 0. The summed E-state index contributed by atoms with van der Waals surface area (Å²) in [6.07, 6.45) is 6.34. The predicted molar refractivity (Wildman–Crippen MR) is 111 cm³/mol. The molecule has 5 rings (SSSR count). The van der Waals surface area contributed by atoms with E-state index in [1.54, 1.807) is 0 Å². The van der Waals surface area contributed by atoms with Crippen LogP contribution < -0.4 is 0 Å². The Hall–Kier alpha value is -0.870. The molecule has 0 radical (unpaired) electrons. The summed E-state index contributed by atoms with van der Waals surface area (Å²) in [6.45, 7) is 12.1. The molecule has 5 aliphatic rings. The molecule has 4 aliphatic carbocycles. The molecule has 1 heterocycles. The van der Waals surface area contributed by atoms with E-state index in [0.717, 1.165) is 18.4 Å². The third-order valence-electron chi connectivity index (χ3n) is 10.8. The second kappa shape index (κ2) is 5.88. The van der Waals surface area contributed by atoms with Crippen LogP contribution in [0.4, 0.5) is 0 Å². The molecule has 3 fully saturated rings. The van der Waals surface area contributed by atoms with Crippen LogP contribution in [0, 0.1) is 39.4 Å². The van der Waals surface area contributed by atoms with E-state index in [1.165, 1.54) is 25.7 Å². The van der Waals surface area contributed by atoms with Crippen molar-refractivity contribution >= 4 is 5.97 Å². The largest absolute Gasteiger partial charge is 0.458 e. The number of aliphatic hydroxyl groups excluding tert-OH is 2. The molecule has 0 unspecified atom stereocenters. The minimum atomic E-state index is -0.620. The molecule has 0 saturated heterocycles. The van der Waals surface area contributed by atoms with E-state index in [9.17, 15) is 15.0 Å². The molecule has 0 aromatic rings. The van der Waals surface area contributed by atoms with E-state index >= 15 is 0 Å². The molecule has 3 saturated carbocycles. The zero-order valence-electron chi connectivity index (χ0n) is 18.8. The summed E-state index contributed by atoms with van der Waals surface area (Å²) >= 11 is 0. The van der Waals surface area contributed by atoms with E-state index in [0.29, 0.717) is 29.2 Å². The van der Waals surface area contributed by atoms with E-state index in [-0.39, 0.29) is 29.3 Å². The van der Waals surface area contributed by atoms with Crippen LogP contribution in [0.2, 0.25) is 0 Å². The molecule has 8 atom stereocenters. The van der Waals surface area contributed by atoms with Gasteiger partial charge in [-0.25, -0.2) is 4.79 Å². The van der Waals surface area contributed by atoms with Crippen molar-refractivity contribution in [3.05, 3.63) is 11.1 Å². The Bertz CT molecular complexity index is 784. The minimum absolute atomic E-state index is 0.0228. The maximum absolute atomic E-state index is 12.7. The van der Waals surface area contributed by atoms with E-state index in [4.69, 9.17) is 4.74 Å². The van der Waals surface area contributed by atoms with Crippen LogP contribution in [0.25, 0.3) is 0 Å². The predicted octanol–water partition coefficient (Wildman–Crippen LogP) is 4.24. The average molecular weight is 403 g/mol. The quantitative estimate of drug-likeness (QED) is 0.595. The third-order valence-corrected chi connectivity index (χ3v) is 10.8. The second-order valence-electron chi connectivity index (χ2n) is 12.3. The molecule has 2 N–H and O–H groups in total. The number of fused-ring (bicyclic) bond motifs is 6. The topological polar surface area (TPSA) is 66.8 Å². The number of hydrogen-bond donors (Lipinski definition) is 2. The lowest BCUT2D eigenvalue weighted by Crippen LogP contribution is -2.66. The van der Waals surface area contributed by atoms with Gasteiger partial charge < -0.3 is 14.9 Å². The van der Waals surface area contributed by atoms with Gasteiger partial charge in [-0.3, -0.25) is 0 Å². The van der Waals surface area contributed by atoms with Crippen LogP contribution in [0.15, 0.2) is 11.1 Å². The van der Waals surface area contributed by atoms with Crippen molar-refractivity contribution in [1.82, 2.24) is 0 Å². The van der Waals surface area contributed by atoms with E-state index < -0.39 is 17.6 Å². The summed E-state index contributed by atoms with van der Waals surface area (Å²) in [4.78, 5) is 12.7. The molecular formula is C25H38O4. The van der Waals surface area contributed by atoms with Crippen molar-refractivity contribution in [3.63, 3.8) is 0 Å². The normalized spacial score (nSPS) is 53.5. The van der Waals surface area contributed by atoms with Gasteiger partial charge in [-0.1, -0.05) is 41.0 Å². The number of esters is 1. The number of hydrogen-bond acceptors (Lipinski definition) is 4. The summed E-state index contributed by atoms with van der Waals surface area (Å²) in [5.74, 6) is 0.892. The van der Waals surface area contributed by atoms with Crippen LogP contribution in [-0.4, -0.2) is 35.0 Å². The highest BCUT2D eigenvalue weighted by atomic mass is 16.5. The first-order valence-corrected chi connectivity index (χ1v) is 11.7. The van der Waals surface area contributed by atoms with Gasteiger partial charge in [-0.05, 0) is 72.5 Å². The van der Waals surface area contributed by atoms with Gasteiger partial charge >= 0.3 is 5.97 Å². The number of cyclic esters (lactones) is 1. The molecule has 0 aromatic heterocycles. The molecule has 1 aliphatic heterocycles. The first kappa shape index (κ1) is 20.1. The third kappa shape index (κ3) is 2.31. The Morgan fingerprint density at radius 3 is 2.31 bits per heavy atom. The van der Waals surface area contributed by atoms with Gasteiger partial charge in [0.15, 0.2) is 0 Å². The molecule has 0 spiro atoms. The first-order valence-electron chi connectivity index (χ1n) is 11.7. The lowest BCUT2D eigenvalue weighted by molar-refractivity contribution is -0.221. The standard InChI is InChI=1S/C25H38O4/c1-22(2)8-6-9-23(3)16(22)7-10-24(4)17(23)12-19(27)25(5)18(24)11-15(26)14-13-29-21(28)20(14)25/h15-19,26-27H,6-13H2,1-5H3/t15-,16-,17+,18-,19+,23-,24+,25+/m0/s1. The zero-order chi connectivity index (χ0) is 21.0. The highest BCUT2D eigenvalue weighted by molar-refractivity contribution is 5.94. The SMILES string of the molecule is CC1(C)CCC[C@]2(C)[C@H]3C[C@@H](O)[C@]4(C)C5=C(COC5=O)[C@@H](O)C[C@H]4[C@]3(C)CC[C@@H]12. The Morgan fingerprint density at radius 2 is 1.59 bits per heavy atom. The maximum atomic E-state index is 12.7. The molecule has 162 valence electrons. The minimum Gasteiger partial charge on any atom is -0.458 e. The number of carbonyl (C=O) groups excluding carboxylic acids is 1. The number of rotatable bonds is 0. The highest BCUT2D eigenvalue weighted by Crippen LogP contribution is 2.73. The smallest absolute Gasteiger partial charge is 0.335 e. The van der Waals surface area contributed by atoms with E-state index in [2.05, 4.69) is 34.6 Å². The van der Waals surface area contributed by atoms with Gasteiger partial charge in [0.1, 0.15) is 6.61 Å². The lowest BCUT2D eigenvalue weighted by Gasteiger charge is -2.70. The fraction of sp³-hybridized carbons (Fsp3) is 0.880. The molecule has 0 amide bonds. The fourth-order valence-electron chi connectivity index (χ4n) is 9.49. The number of ether oxygens (including phenoxy) is 1. The highest BCUT2D eigenvalue weighted by Gasteiger charge is 2.69. The monoisotopic (exact) mass is 402 g/mol. The Morgan fingerprint density at radius 1 is 0.897 bits per heavy atom. The van der Waals surface area contributed by atoms with Gasteiger partial charge in [0.25, 0.3) is 0 Å². The summed E-state index contributed by atoms with van der Waals surface area (Å²) < 4.78 is 5.35. The van der Waals surface area contributed by atoms with Gasteiger partial charge in [0.05, 0.1) is 17.8 Å². The fourth-order valence-corrected chi connectivity index (χ4v) is 9.49. The van der Waals surface area contributed by atoms with E-state index in [1.807, 2.05) is 0 Å². The Balaban J connectivity index is 1.62. The van der Waals surface area contributed by atoms with Crippen LogP contribution in [0.5, 0.6) is 0 Å². The molecular weight excluding hydrogens is 364 g/mol. The maximum Gasteiger partial charge on any atom is 0.335 e. The Kier molecular flexibility index (Phi) is 4.07. The van der Waals surface area contributed by atoms with Crippen molar-refractivity contribution < 1.29 is 19.7 Å². The van der Waals surface area contributed by atoms with Crippen molar-refractivity contribution in [2.45, 2.75) is 91.8 Å². The van der Waals surface area contributed by atoms with Gasteiger partial charge in [0.2, 0.25) is 0 Å². The molecule has 4 heteroatoms. The van der Waals surface area contributed by atoms with Crippen molar-refractivity contribution in [1.29, 1.82) is 0 Å². The van der Waals surface area contributed by atoms with Crippen LogP contribution in [0.3, 0.4) is 0 Å². The summed E-state index contributed by atoms with van der Waals surface area (Å²) in [5.41, 5.74) is 1.30. The second-order valence-corrected chi connectivity index (χ2v) is 12.3. The van der Waals surface area contributed by atoms with Crippen molar-refractivity contribution in [3.8, 4) is 0 Å².